The van der Waals surface area contributed by atoms with Crippen molar-refractivity contribution in [2.75, 3.05) is 0 Å². The average molecular weight is 285 g/mol. The predicted molar refractivity (Wildman–Crippen MR) is 78.4 cm³/mol. The van der Waals surface area contributed by atoms with E-state index in [1.54, 1.807) is 6.07 Å². The maximum absolute atomic E-state index is 13.2. The second kappa shape index (κ2) is 9.08. The molecule has 0 aliphatic carbocycles. The lowest BCUT2D eigenvalue weighted by atomic mass is 10.0. The van der Waals surface area contributed by atoms with Crippen LogP contribution in [0.4, 0.5) is 4.39 Å². The fraction of sp³-hybridized carbons (Fsp3) is 0.562. The summed E-state index contributed by atoms with van der Waals surface area (Å²) in [5.41, 5.74) is 0.424. The quantitative estimate of drug-likeness (QED) is 0.413. The van der Waals surface area contributed by atoms with Gasteiger partial charge in [-0.3, -0.25) is 4.79 Å². The van der Waals surface area contributed by atoms with E-state index in [1.165, 1.54) is 44.2 Å². The van der Waals surface area contributed by atoms with E-state index in [0.717, 1.165) is 12.8 Å². The third-order valence-corrected chi connectivity index (χ3v) is 3.56. The molecule has 0 aliphatic rings. The third-order valence-electron chi connectivity index (χ3n) is 3.25. The van der Waals surface area contributed by atoms with Crippen molar-refractivity contribution in [3.63, 3.8) is 0 Å². The lowest BCUT2D eigenvalue weighted by Gasteiger charge is -2.03. The highest BCUT2D eigenvalue weighted by Gasteiger charge is 2.08. The van der Waals surface area contributed by atoms with Crippen LogP contribution < -0.4 is 0 Å². The molecule has 0 N–H and O–H groups in total. The summed E-state index contributed by atoms with van der Waals surface area (Å²) in [6, 6.07) is 4.26. The number of hydrogen-bond donors (Lipinski definition) is 0. The molecule has 1 nitrogen and oxygen atoms in total. The Kier molecular flexibility index (Phi) is 7.73. The van der Waals surface area contributed by atoms with Gasteiger partial charge in [-0.15, -0.1) is 0 Å². The van der Waals surface area contributed by atoms with Crippen LogP contribution in [0, 0.1) is 5.82 Å². The van der Waals surface area contributed by atoms with E-state index in [9.17, 15) is 9.18 Å². The van der Waals surface area contributed by atoms with Crippen LogP contribution in [-0.2, 0) is 0 Å². The summed E-state index contributed by atoms with van der Waals surface area (Å²) in [7, 11) is 0. The van der Waals surface area contributed by atoms with Crippen LogP contribution >= 0.6 is 11.6 Å². The summed E-state index contributed by atoms with van der Waals surface area (Å²) in [6.07, 6.45) is 8.71. The Morgan fingerprint density at radius 1 is 1.11 bits per heavy atom. The number of hydrogen-bond acceptors (Lipinski definition) is 1. The molecule has 0 amide bonds. The van der Waals surface area contributed by atoms with Gasteiger partial charge in [0.25, 0.3) is 0 Å². The van der Waals surface area contributed by atoms with Gasteiger partial charge < -0.3 is 0 Å². The van der Waals surface area contributed by atoms with E-state index in [1.807, 2.05) is 0 Å². The molecular formula is C16H22ClFO. The van der Waals surface area contributed by atoms with Crippen molar-refractivity contribution in [1.82, 2.24) is 0 Å². The standard InChI is InChI=1S/C16H22ClFO/c1-2-3-4-5-6-7-8-9-16(19)13-10-11-14(17)15(18)12-13/h10-12H,2-9H2,1H3. The molecule has 0 saturated carbocycles. The number of halogens is 2. The molecule has 0 unspecified atom stereocenters. The molecule has 0 aromatic heterocycles. The molecule has 0 aliphatic heterocycles. The minimum atomic E-state index is -0.521. The normalized spacial score (nSPS) is 10.7. The van der Waals surface area contributed by atoms with Gasteiger partial charge in [-0.25, -0.2) is 4.39 Å². The number of Topliss-reactive ketones (excluding diaryl/α,β-unsaturated/α-hetero) is 1. The summed E-state index contributed by atoms with van der Waals surface area (Å²) in [6.45, 7) is 2.20. The summed E-state index contributed by atoms with van der Waals surface area (Å²) in [4.78, 5) is 11.8. The Hall–Kier alpha value is -0.890. The van der Waals surface area contributed by atoms with Crippen molar-refractivity contribution >= 4 is 17.4 Å². The fourth-order valence-electron chi connectivity index (χ4n) is 2.06. The Labute approximate surface area is 120 Å². The Morgan fingerprint density at radius 2 is 1.74 bits per heavy atom. The van der Waals surface area contributed by atoms with Gasteiger partial charge in [0, 0.05) is 12.0 Å². The molecule has 0 radical (unpaired) electrons. The van der Waals surface area contributed by atoms with E-state index >= 15 is 0 Å². The molecule has 0 heterocycles. The number of carbonyl (C=O) groups excluding carboxylic acids is 1. The fourth-order valence-corrected chi connectivity index (χ4v) is 2.17. The number of unbranched alkanes of at least 4 members (excludes halogenated alkanes) is 6. The van der Waals surface area contributed by atoms with Crippen LogP contribution in [0.25, 0.3) is 0 Å². The summed E-state index contributed by atoms with van der Waals surface area (Å²) in [5.74, 6) is -0.517. The predicted octanol–water partition coefficient (Wildman–Crippen LogP) is 5.80. The van der Waals surface area contributed by atoms with E-state index in [-0.39, 0.29) is 10.8 Å². The Morgan fingerprint density at radius 3 is 2.37 bits per heavy atom. The zero-order chi connectivity index (χ0) is 14.1. The molecule has 0 saturated heterocycles. The largest absolute Gasteiger partial charge is 0.294 e. The van der Waals surface area contributed by atoms with E-state index < -0.39 is 5.82 Å². The molecule has 0 spiro atoms. The smallest absolute Gasteiger partial charge is 0.162 e. The van der Waals surface area contributed by atoms with Crippen LogP contribution in [-0.4, -0.2) is 5.78 Å². The molecule has 0 bridgehead atoms. The maximum Gasteiger partial charge on any atom is 0.162 e. The van der Waals surface area contributed by atoms with E-state index in [0.29, 0.717) is 12.0 Å². The van der Waals surface area contributed by atoms with E-state index in [4.69, 9.17) is 11.6 Å². The average Bonchev–Trinajstić information content (AvgIpc) is 2.40. The Balaban J connectivity index is 2.22. The van der Waals surface area contributed by atoms with Gasteiger partial charge in [0.05, 0.1) is 5.02 Å². The highest BCUT2D eigenvalue weighted by Crippen LogP contribution is 2.17. The first-order valence-electron chi connectivity index (χ1n) is 7.13. The first-order valence-corrected chi connectivity index (χ1v) is 7.51. The molecule has 106 valence electrons. The third kappa shape index (κ3) is 6.20. The molecule has 0 atom stereocenters. The molecule has 1 aromatic carbocycles. The van der Waals surface area contributed by atoms with Gasteiger partial charge in [-0.05, 0) is 24.6 Å². The van der Waals surface area contributed by atoms with Crippen LogP contribution in [0.1, 0.15) is 68.6 Å². The van der Waals surface area contributed by atoms with Crippen LogP contribution in [0.3, 0.4) is 0 Å². The first-order chi connectivity index (χ1) is 9.15. The van der Waals surface area contributed by atoms with Gasteiger partial charge in [0.2, 0.25) is 0 Å². The lowest BCUT2D eigenvalue weighted by molar-refractivity contribution is 0.0978. The van der Waals surface area contributed by atoms with Crippen molar-refractivity contribution in [2.45, 2.75) is 58.3 Å². The molecule has 3 heteroatoms. The van der Waals surface area contributed by atoms with Crippen LogP contribution in [0.15, 0.2) is 18.2 Å². The van der Waals surface area contributed by atoms with Crippen LogP contribution in [0.5, 0.6) is 0 Å². The van der Waals surface area contributed by atoms with Crippen molar-refractivity contribution in [1.29, 1.82) is 0 Å². The second-order valence-corrected chi connectivity index (χ2v) is 5.33. The Bertz CT molecular complexity index is 404. The number of ketones is 1. The van der Waals surface area contributed by atoms with Crippen molar-refractivity contribution in [3.05, 3.63) is 34.6 Å². The summed E-state index contributed by atoms with van der Waals surface area (Å²) in [5, 5.41) is 0.0625. The monoisotopic (exact) mass is 284 g/mol. The van der Waals surface area contributed by atoms with Gasteiger partial charge in [-0.2, -0.15) is 0 Å². The van der Waals surface area contributed by atoms with Gasteiger partial charge >= 0.3 is 0 Å². The van der Waals surface area contributed by atoms with Crippen molar-refractivity contribution < 1.29 is 9.18 Å². The summed E-state index contributed by atoms with van der Waals surface area (Å²) >= 11 is 5.59. The zero-order valence-electron chi connectivity index (χ0n) is 11.6. The highest BCUT2D eigenvalue weighted by molar-refractivity contribution is 6.30. The summed E-state index contributed by atoms with van der Waals surface area (Å²) < 4.78 is 13.2. The number of benzene rings is 1. The molecule has 0 fully saturated rings. The number of carbonyl (C=O) groups is 1. The minimum Gasteiger partial charge on any atom is -0.294 e. The maximum atomic E-state index is 13.2. The number of rotatable bonds is 9. The zero-order valence-corrected chi connectivity index (χ0v) is 12.3. The van der Waals surface area contributed by atoms with Crippen molar-refractivity contribution in [3.8, 4) is 0 Å². The van der Waals surface area contributed by atoms with Gasteiger partial charge in [0.1, 0.15) is 5.82 Å². The van der Waals surface area contributed by atoms with Crippen molar-refractivity contribution in [2.24, 2.45) is 0 Å². The molecular weight excluding hydrogens is 263 g/mol. The topological polar surface area (TPSA) is 17.1 Å². The first kappa shape index (κ1) is 16.2. The molecule has 19 heavy (non-hydrogen) atoms. The molecule has 1 rings (SSSR count). The van der Waals surface area contributed by atoms with E-state index in [2.05, 4.69) is 6.92 Å². The van der Waals surface area contributed by atoms with Crippen LogP contribution in [0.2, 0.25) is 5.02 Å². The SMILES string of the molecule is CCCCCCCCCC(=O)c1ccc(Cl)c(F)c1. The second-order valence-electron chi connectivity index (χ2n) is 4.92. The van der Waals surface area contributed by atoms with Gasteiger partial charge in [-0.1, -0.05) is 57.0 Å². The molecule has 1 aromatic rings. The van der Waals surface area contributed by atoms with Gasteiger partial charge in [0.15, 0.2) is 5.78 Å². The lowest BCUT2D eigenvalue weighted by Crippen LogP contribution is -1.99. The minimum absolute atomic E-state index is 0.00382. The highest BCUT2D eigenvalue weighted by atomic mass is 35.5.